The van der Waals surface area contributed by atoms with Gasteiger partial charge in [-0.1, -0.05) is 0 Å². The zero-order valence-corrected chi connectivity index (χ0v) is 10.8. The molecule has 1 aliphatic heterocycles. The molecule has 0 radical (unpaired) electrons. The maximum absolute atomic E-state index is 12.1. The molecule has 98 valence electrons. The van der Waals surface area contributed by atoms with Gasteiger partial charge in [-0.3, -0.25) is 9.78 Å². The number of amides is 1. The summed E-state index contributed by atoms with van der Waals surface area (Å²) in [6.45, 7) is 3.62. The minimum atomic E-state index is -0.0999. The summed E-state index contributed by atoms with van der Waals surface area (Å²) in [5.74, 6) is -0.0554. The Labute approximate surface area is 107 Å². The van der Waals surface area contributed by atoms with Crippen molar-refractivity contribution in [2.75, 3.05) is 20.3 Å². The van der Waals surface area contributed by atoms with E-state index in [0.717, 1.165) is 11.1 Å². The van der Waals surface area contributed by atoms with Crippen molar-refractivity contribution >= 4 is 5.91 Å². The Morgan fingerprint density at radius 3 is 3.11 bits per heavy atom. The van der Waals surface area contributed by atoms with Crippen LogP contribution in [0.5, 0.6) is 0 Å². The maximum Gasteiger partial charge on any atom is 0.227 e. The fourth-order valence-electron chi connectivity index (χ4n) is 2.11. The molecule has 0 spiro atoms. The van der Waals surface area contributed by atoms with E-state index in [1.807, 2.05) is 20.0 Å². The van der Waals surface area contributed by atoms with Gasteiger partial charge in [0, 0.05) is 25.0 Å². The van der Waals surface area contributed by atoms with E-state index in [1.54, 1.807) is 12.4 Å². The molecule has 0 bridgehead atoms. The van der Waals surface area contributed by atoms with Gasteiger partial charge in [-0.25, -0.2) is 0 Å². The maximum atomic E-state index is 12.1. The Morgan fingerprint density at radius 2 is 2.39 bits per heavy atom. The summed E-state index contributed by atoms with van der Waals surface area (Å²) in [5, 5.41) is 6.07. The van der Waals surface area contributed by atoms with E-state index < -0.39 is 0 Å². The second kappa shape index (κ2) is 5.93. The van der Waals surface area contributed by atoms with Gasteiger partial charge < -0.3 is 15.4 Å². The van der Waals surface area contributed by atoms with Gasteiger partial charge in [0.1, 0.15) is 0 Å². The highest BCUT2D eigenvalue weighted by atomic mass is 16.5. The van der Waals surface area contributed by atoms with Crippen LogP contribution in [0.25, 0.3) is 0 Å². The molecule has 0 aliphatic carbocycles. The highest BCUT2D eigenvalue weighted by molar-refractivity contribution is 5.79. The molecule has 1 saturated heterocycles. The molecule has 2 atom stereocenters. The van der Waals surface area contributed by atoms with Crippen LogP contribution >= 0.6 is 0 Å². The summed E-state index contributed by atoms with van der Waals surface area (Å²) in [7, 11) is 1.85. The van der Waals surface area contributed by atoms with E-state index in [0.29, 0.717) is 19.8 Å². The molecule has 0 saturated carbocycles. The van der Waals surface area contributed by atoms with E-state index in [-0.39, 0.29) is 17.9 Å². The van der Waals surface area contributed by atoms with Crippen molar-refractivity contribution in [2.24, 2.45) is 5.92 Å². The Kier molecular flexibility index (Phi) is 4.28. The monoisotopic (exact) mass is 249 g/mol. The predicted molar refractivity (Wildman–Crippen MR) is 68.0 cm³/mol. The minimum Gasteiger partial charge on any atom is -0.379 e. The predicted octanol–water partition coefficient (Wildman–Crippen LogP) is 0.241. The first-order valence-electron chi connectivity index (χ1n) is 6.14. The van der Waals surface area contributed by atoms with Gasteiger partial charge in [-0.2, -0.15) is 0 Å². The largest absolute Gasteiger partial charge is 0.379 e. The number of hydrogen-bond donors (Lipinski definition) is 2. The quantitative estimate of drug-likeness (QED) is 0.802. The molecule has 1 fully saturated rings. The number of carbonyl (C=O) groups is 1. The molecule has 18 heavy (non-hydrogen) atoms. The highest BCUT2D eigenvalue weighted by Crippen LogP contribution is 2.14. The molecule has 1 aromatic rings. The fourth-order valence-corrected chi connectivity index (χ4v) is 2.11. The van der Waals surface area contributed by atoms with Gasteiger partial charge in [0.2, 0.25) is 5.91 Å². The number of nitrogens with zero attached hydrogens (tertiary/aromatic N) is 1. The van der Waals surface area contributed by atoms with E-state index in [9.17, 15) is 4.79 Å². The lowest BCUT2D eigenvalue weighted by Crippen LogP contribution is -2.42. The zero-order valence-electron chi connectivity index (χ0n) is 10.8. The molecular weight excluding hydrogens is 230 g/mol. The van der Waals surface area contributed by atoms with Crippen molar-refractivity contribution < 1.29 is 9.53 Å². The van der Waals surface area contributed by atoms with Crippen molar-refractivity contribution in [3.63, 3.8) is 0 Å². The Balaban J connectivity index is 1.90. The number of pyridine rings is 1. The lowest BCUT2D eigenvalue weighted by Gasteiger charge is -2.16. The van der Waals surface area contributed by atoms with Crippen LogP contribution in [-0.2, 0) is 16.1 Å². The number of ether oxygens (including phenoxy) is 1. The number of hydrogen-bond acceptors (Lipinski definition) is 4. The van der Waals surface area contributed by atoms with Gasteiger partial charge in [-0.05, 0) is 31.2 Å². The van der Waals surface area contributed by atoms with Crippen molar-refractivity contribution in [3.8, 4) is 0 Å². The average molecular weight is 249 g/mol. The van der Waals surface area contributed by atoms with Crippen LogP contribution in [0.15, 0.2) is 18.5 Å². The number of rotatable bonds is 4. The summed E-state index contributed by atoms with van der Waals surface area (Å²) in [4.78, 5) is 16.1. The number of likely N-dealkylation sites (N-methyl/N-ethyl adjacent to an activating group) is 1. The minimum absolute atomic E-state index is 0.0445. The second-order valence-electron chi connectivity index (χ2n) is 4.56. The van der Waals surface area contributed by atoms with Crippen LogP contribution in [0.1, 0.15) is 11.1 Å². The van der Waals surface area contributed by atoms with Crippen LogP contribution in [0.3, 0.4) is 0 Å². The third-order valence-electron chi connectivity index (χ3n) is 3.38. The van der Waals surface area contributed by atoms with Crippen LogP contribution < -0.4 is 10.6 Å². The Bertz CT molecular complexity index is 422. The SMILES string of the molecule is CNC1COCC1C(=O)NCc1ccncc1C. The summed E-state index contributed by atoms with van der Waals surface area (Å²) in [5.41, 5.74) is 2.18. The normalized spacial score (nSPS) is 23.0. The van der Waals surface area contributed by atoms with Crippen molar-refractivity contribution in [1.82, 2.24) is 15.6 Å². The van der Waals surface area contributed by atoms with Crippen LogP contribution in [0.2, 0.25) is 0 Å². The molecule has 1 aliphatic rings. The topological polar surface area (TPSA) is 63.2 Å². The Hall–Kier alpha value is -1.46. The summed E-state index contributed by atoms with van der Waals surface area (Å²) in [6, 6.07) is 2.04. The zero-order chi connectivity index (χ0) is 13.0. The molecule has 2 N–H and O–H groups in total. The van der Waals surface area contributed by atoms with Gasteiger partial charge in [-0.15, -0.1) is 0 Å². The number of nitrogens with one attached hydrogen (secondary N) is 2. The second-order valence-corrected chi connectivity index (χ2v) is 4.56. The van der Waals surface area contributed by atoms with Crippen molar-refractivity contribution in [1.29, 1.82) is 0 Å². The summed E-state index contributed by atoms with van der Waals surface area (Å²) in [6.07, 6.45) is 3.54. The lowest BCUT2D eigenvalue weighted by atomic mass is 10.0. The molecule has 0 aromatic carbocycles. The first-order valence-corrected chi connectivity index (χ1v) is 6.14. The third kappa shape index (κ3) is 2.86. The number of aromatic nitrogens is 1. The van der Waals surface area contributed by atoms with E-state index in [1.165, 1.54) is 0 Å². The van der Waals surface area contributed by atoms with Gasteiger partial charge in [0.15, 0.2) is 0 Å². The van der Waals surface area contributed by atoms with Crippen LogP contribution in [0, 0.1) is 12.8 Å². The molecular formula is C13H19N3O2. The summed E-state index contributed by atoms with van der Waals surface area (Å²) < 4.78 is 5.32. The lowest BCUT2D eigenvalue weighted by molar-refractivity contribution is -0.125. The van der Waals surface area contributed by atoms with Crippen LogP contribution in [0.4, 0.5) is 0 Å². The number of carbonyl (C=O) groups excluding carboxylic acids is 1. The van der Waals surface area contributed by atoms with Gasteiger partial charge in [0.25, 0.3) is 0 Å². The first kappa shape index (κ1) is 13.0. The van der Waals surface area contributed by atoms with Crippen molar-refractivity contribution in [3.05, 3.63) is 29.6 Å². The molecule has 1 aromatic heterocycles. The average Bonchev–Trinajstić information content (AvgIpc) is 2.86. The standard InChI is InChI=1S/C13H19N3O2/c1-9-5-15-4-3-10(9)6-16-13(17)11-7-18-8-12(11)14-2/h3-5,11-12,14H,6-8H2,1-2H3,(H,16,17). The van der Waals surface area contributed by atoms with Gasteiger partial charge in [0.05, 0.1) is 19.1 Å². The van der Waals surface area contributed by atoms with Crippen LogP contribution in [-0.4, -0.2) is 37.2 Å². The highest BCUT2D eigenvalue weighted by Gasteiger charge is 2.32. The third-order valence-corrected chi connectivity index (χ3v) is 3.38. The number of aryl methyl sites for hydroxylation is 1. The van der Waals surface area contributed by atoms with E-state index in [4.69, 9.17) is 4.74 Å². The van der Waals surface area contributed by atoms with Crippen molar-refractivity contribution in [2.45, 2.75) is 19.5 Å². The fraction of sp³-hybridized carbons (Fsp3) is 0.538. The van der Waals surface area contributed by atoms with E-state index in [2.05, 4.69) is 15.6 Å². The molecule has 2 heterocycles. The van der Waals surface area contributed by atoms with E-state index >= 15 is 0 Å². The summed E-state index contributed by atoms with van der Waals surface area (Å²) >= 11 is 0. The molecule has 5 heteroatoms. The molecule has 2 unspecified atom stereocenters. The first-order chi connectivity index (χ1) is 8.72. The van der Waals surface area contributed by atoms with Gasteiger partial charge >= 0.3 is 0 Å². The smallest absolute Gasteiger partial charge is 0.227 e. The Morgan fingerprint density at radius 1 is 1.56 bits per heavy atom. The molecule has 2 rings (SSSR count). The molecule has 1 amide bonds. The molecule has 5 nitrogen and oxygen atoms in total.